The first-order valence-electron chi connectivity index (χ1n) is 8.35. The Morgan fingerprint density at radius 2 is 2.12 bits per heavy atom. The summed E-state index contributed by atoms with van der Waals surface area (Å²) in [5.41, 5.74) is -0.857. The number of halogens is 3. The summed E-state index contributed by atoms with van der Waals surface area (Å²) in [6.45, 7) is 2.91. The maximum Gasteiger partial charge on any atom is 0.265 e. The van der Waals surface area contributed by atoms with E-state index in [-0.39, 0.29) is 34.2 Å². The van der Waals surface area contributed by atoms with E-state index in [0.29, 0.717) is 6.42 Å². The second-order valence-electron chi connectivity index (χ2n) is 6.08. The van der Waals surface area contributed by atoms with Crippen LogP contribution in [0.1, 0.15) is 39.0 Å². The van der Waals surface area contributed by atoms with Gasteiger partial charge in [-0.3, -0.25) is 9.78 Å². The van der Waals surface area contributed by atoms with Gasteiger partial charge in [0, 0.05) is 6.04 Å². The Bertz CT molecular complexity index is 822. The fourth-order valence-electron chi connectivity index (χ4n) is 3.15. The fourth-order valence-corrected chi connectivity index (χ4v) is 3.48. The van der Waals surface area contributed by atoms with Gasteiger partial charge in [-0.05, 0) is 37.4 Å². The van der Waals surface area contributed by atoms with Crippen molar-refractivity contribution in [2.75, 3.05) is 6.54 Å². The zero-order valence-corrected chi connectivity index (χ0v) is 15.3. The van der Waals surface area contributed by atoms with Crippen LogP contribution in [0.15, 0.2) is 4.79 Å². The molecule has 2 aromatic heterocycles. The molecule has 0 spiro atoms. The number of aromatic nitrogens is 3. The lowest BCUT2D eigenvalue weighted by molar-refractivity contribution is 0.141. The topological polar surface area (TPSA) is 79.9 Å². The van der Waals surface area contributed by atoms with E-state index < -0.39 is 16.5 Å². The number of nitrogens with one attached hydrogen (secondary N) is 2. The zero-order chi connectivity index (χ0) is 18.0. The van der Waals surface area contributed by atoms with E-state index in [1.54, 1.807) is 0 Å². The number of hydrogen-bond donors (Lipinski definition) is 2. The van der Waals surface area contributed by atoms with E-state index in [0.717, 1.165) is 25.8 Å². The number of fused-ring (bicyclic) bond motifs is 1. The minimum Gasteiger partial charge on any atom is -0.472 e. The van der Waals surface area contributed by atoms with Crippen LogP contribution < -0.4 is 15.6 Å². The molecule has 6 nitrogen and oxygen atoms in total. The van der Waals surface area contributed by atoms with Gasteiger partial charge in [0.2, 0.25) is 11.2 Å². The SMILES string of the molecule is CCC(Oc1nc(Cl)c(F)c2nc(Cl)[nH]c(=O)c12)[C@@H]1CCCCCN1. The van der Waals surface area contributed by atoms with E-state index in [4.69, 9.17) is 27.9 Å². The molecular weight excluding hydrogens is 370 g/mol. The van der Waals surface area contributed by atoms with Crippen LogP contribution in [0.4, 0.5) is 4.39 Å². The zero-order valence-electron chi connectivity index (χ0n) is 13.7. The molecule has 2 N–H and O–H groups in total. The molecule has 1 unspecified atom stereocenters. The summed E-state index contributed by atoms with van der Waals surface area (Å²) in [4.78, 5) is 22.4. The summed E-state index contributed by atoms with van der Waals surface area (Å²) in [5, 5.41) is 2.76. The number of H-pyrrole nitrogens is 1. The van der Waals surface area contributed by atoms with E-state index >= 15 is 0 Å². The van der Waals surface area contributed by atoms with Crippen molar-refractivity contribution in [3.8, 4) is 5.88 Å². The molecule has 0 aromatic carbocycles. The van der Waals surface area contributed by atoms with Gasteiger partial charge >= 0.3 is 0 Å². The summed E-state index contributed by atoms with van der Waals surface area (Å²) in [5.74, 6) is -0.914. The highest BCUT2D eigenvalue weighted by molar-refractivity contribution is 6.30. The molecule has 2 aromatic rings. The van der Waals surface area contributed by atoms with Crippen molar-refractivity contribution in [2.24, 2.45) is 0 Å². The average Bonchev–Trinajstić information content (AvgIpc) is 2.85. The number of ether oxygens (including phenoxy) is 1. The van der Waals surface area contributed by atoms with Gasteiger partial charge in [-0.2, -0.15) is 4.98 Å². The number of pyridine rings is 1. The summed E-state index contributed by atoms with van der Waals surface area (Å²) >= 11 is 11.6. The van der Waals surface area contributed by atoms with Crippen LogP contribution in [0.5, 0.6) is 5.88 Å². The normalized spacial score (nSPS) is 19.6. The first-order valence-corrected chi connectivity index (χ1v) is 9.11. The average molecular weight is 389 g/mol. The van der Waals surface area contributed by atoms with Gasteiger partial charge in [0.15, 0.2) is 11.0 Å². The third-order valence-electron chi connectivity index (χ3n) is 4.41. The highest BCUT2D eigenvalue weighted by Crippen LogP contribution is 2.29. The van der Waals surface area contributed by atoms with Crippen molar-refractivity contribution in [1.82, 2.24) is 20.3 Å². The van der Waals surface area contributed by atoms with E-state index in [9.17, 15) is 9.18 Å². The molecule has 1 aliphatic rings. The number of hydrogen-bond acceptors (Lipinski definition) is 5. The Morgan fingerprint density at radius 3 is 2.88 bits per heavy atom. The first-order chi connectivity index (χ1) is 12.0. The number of nitrogens with zero attached hydrogens (tertiary/aromatic N) is 2. The minimum absolute atomic E-state index is 0.0234. The molecular formula is C16H19Cl2FN4O2. The van der Waals surface area contributed by atoms with Crippen LogP contribution in [0.2, 0.25) is 10.4 Å². The van der Waals surface area contributed by atoms with Crippen LogP contribution in [-0.4, -0.2) is 33.6 Å². The maximum atomic E-state index is 14.2. The summed E-state index contributed by atoms with van der Waals surface area (Å²) in [6.07, 6.45) is 4.85. The highest BCUT2D eigenvalue weighted by Gasteiger charge is 2.26. The van der Waals surface area contributed by atoms with Crippen LogP contribution >= 0.6 is 23.2 Å². The molecule has 0 bridgehead atoms. The molecule has 3 heterocycles. The molecule has 0 radical (unpaired) electrons. The third kappa shape index (κ3) is 3.88. The number of rotatable bonds is 4. The van der Waals surface area contributed by atoms with Gasteiger partial charge in [0.05, 0.1) is 0 Å². The van der Waals surface area contributed by atoms with Gasteiger partial charge < -0.3 is 10.1 Å². The Morgan fingerprint density at radius 1 is 1.32 bits per heavy atom. The summed E-state index contributed by atoms with van der Waals surface area (Å²) in [6, 6.07) is 0.132. The smallest absolute Gasteiger partial charge is 0.265 e. The van der Waals surface area contributed by atoms with Crippen molar-refractivity contribution >= 4 is 34.1 Å². The maximum absolute atomic E-state index is 14.2. The monoisotopic (exact) mass is 388 g/mol. The molecule has 1 fully saturated rings. The Balaban J connectivity index is 2.02. The molecule has 0 saturated carbocycles. The highest BCUT2D eigenvalue weighted by atomic mass is 35.5. The largest absolute Gasteiger partial charge is 0.472 e. The molecule has 0 aliphatic carbocycles. The summed E-state index contributed by atoms with van der Waals surface area (Å²) < 4.78 is 20.2. The van der Waals surface area contributed by atoms with Crippen molar-refractivity contribution in [3.05, 3.63) is 26.6 Å². The Hall–Kier alpha value is -1.44. The predicted octanol–water partition coefficient (Wildman–Crippen LogP) is 3.45. The fraction of sp³-hybridized carbons (Fsp3) is 0.562. The Labute approximate surface area is 154 Å². The van der Waals surface area contributed by atoms with Gasteiger partial charge in [-0.15, -0.1) is 0 Å². The molecule has 1 saturated heterocycles. The lowest BCUT2D eigenvalue weighted by Crippen LogP contribution is -2.42. The van der Waals surface area contributed by atoms with Gasteiger partial charge in [-0.1, -0.05) is 31.4 Å². The predicted molar refractivity (Wildman–Crippen MR) is 95.1 cm³/mol. The molecule has 9 heteroatoms. The number of aromatic amines is 1. The molecule has 0 amide bonds. The van der Waals surface area contributed by atoms with Crippen molar-refractivity contribution in [2.45, 2.75) is 51.2 Å². The molecule has 1 aliphatic heterocycles. The van der Waals surface area contributed by atoms with Gasteiger partial charge in [-0.25, -0.2) is 9.37 Å². The van der Waals surface area contributed by atoms with E-state index in [2.05, 4.69) is 20.3 Å². The van der Waals surface area contributed by atoms with Crippen molar-refractivity contribution < 1.29 is 9.13 Å². The van der Waals surface area contributed by atoms with Crippen LogP contribution in [0.3, 0.4) is 0 Å². The van der Waals surface area contributed by atoms with Gasteiger partial charge in [0.1, 0.15) is 17.0 Å². The van der Waals surface area contributed by atoms with E-state index in [1.807, 2.05) is 6.92 Å². The second kappa shape index (κ2) is 7.85. The van der Waals surface area contributed by atoms with Gasteiger partial charge in [0.25, 0.3) is 5.56 Å². The minimum atomic E-state index is -0.891. The standard InChI is InChI=1S/C16H19Cl2FN4O2/c1-2-9(8-6-4-3-5-7-20-8)25-15-10-12(11(19)13(17)22-15)21-16(18)23-14(10)24/h8-9,20H,2-7H2,1H3,(H,21,23,24)/t8-,9?/m0/s1. The molecule has 25 heavy (non-hydrogen) atoms. The van der Waals surface area contributed by atoms with Crippen molar-refractivity contribution in [3.63, 3.8) is 0 Å². The van der Waals surface area contributed by atoms with Crippen LogP contribution in [-0.2, 0) is 0 Å². The lowest BCUT2D eigenvalue weighted by atomic mass is 10.0. The first kappa shape index (κ1) is 18.4. The lowest BCUT2D eigenvalue weighted by Gasteiger charge is -2.26. The second-order valence-corrected chi connectivity index (χ2v) is 6.79. The Kier molecular flexibility index (Phi) is 5.76. The van der Waals surface area contributed by atoms with Crippen LogP contribution in [0.25, 0.3) is 10.9 Å². The summed E-state index contributed by atoms with van der Waals surface area (Å²) in [7, 11) is 0. The third-order valence-corrected chi connectivity index (χ3v) is 4.84. The quantitative estimate of drug-likeness (QED) is 0.619. The van der Waals surface area contributed by atoms with Crippen molar-refractivity contribution in [1.29, 1.82) is 0 Å². The van der Waals surface area contributed by atoms with E-state index in [1.165, 1.54) is 6.42 Å². The molecule has 2 atom stereocenters. The molecule has 136 valence electrons. The van der Waals surface area contributed by atoms with Crippen LogP contribution in [0, 0.1) is 5.82 Å². The molecule has 3 rings (SSSR count).